The lowest BCUT2D eigenvalue weighted by molar-refractivity contribution is 0.161. The van der Waals surface area contributed by atoms with E-state index in [4.69, 9.17) is 10.5 Å². The minimum atomic E-state index is 0.252. The molecule has 0 spiro atoms. The minimum Gasteiger partial charge on any atom is -0.385 e. The lowest BCUT2D eigenvalue weighted by Crippen LogP contribution is -2.49. The maximum absolute atomic E-state index is 6.07. The smallest absolute Gasteiger partial charge is 0.0477 e. The molecule has 3 unspecified atom stereocenters. The van der Waals surface area contributed by atoms with Gasteiger partial charge in [-0.1, -0.05) is 6.92 Å². The second-order valence-corrected chi connectivity index (χ2v) is 5.84. The summed E-state index contributed by atoms with van der Waals surface area (Å²) in [7, 11) is 1.73. The first kappa shape index (κ1) is 13.3. The third kappa shape index (κ3) is 4.31. The summed E-state index contributed by atoms with van der Waals surface area (Å²) in [6, 6.07) is 0.903. The summed E-state index contributed by atoms with van der Waals surface area (Å²) in [5.74, 6) is 1.24. The van der Waals surface area contributed by atoms with Gasteiger partial charge in [-0.25, -0.2) is 0 Å². The Hall–Kier alpha value is 0.230. The van der Waals surface area contributed by atoms with Crippen molar-refractivity contribution in [1.82, 2.24) is 4.90 Å². The molecule has 3 atom stereocenters. The molecular weight excluding hydrogens is 208 g/mol. The molecule has 0 amide bonds. The number of rotatable bonds is 5. The van der Waals surface area contributed by atoms with Crippen molar-refractivity contribution in [2.75, 3.05) is 32.6 Å². The van der Waals surface area contributed by atoms with E-state index in [1.807, 2.05) is 0 Å². The van der Waals surface area contributed by atoms with Crippen LogP contribution in [0.3, 0.4) is 0 Å². The van der Waals surface area contributed by atoms with Crippen LogP contribution in [0.2, 0.25) is 0 Å². The van der Waals surface area contributed by atoms with Crippen LogP contribution in [0.5, 0.6) is 0 Å². The summed E-state index contributed by atoms with van der Waals surface area (Å²) >= 11 is 2.07. The van der Waals surface area contributed by atoms with Crippen LogP contribution < -0.4 is 5.73 Å². The van der Waals surface area contributed by atoms with Crippen molar-refractivity contribution in [3.8, 4) is 0 Å². The molecule has 4 heteroatoms. The van der Waals surface area contributed by atoms with Crippen LogP contribution in [-0.2, 0) is 4.74 Å². The molecule has 0 aromatic rings. The Balaban J connectivity index is 2.29. The zero-order valence-corrected chi connectivity index (χ0v) is 10.9. The van der Waals surface area contributed by atoms with Gasteiger partial charge in [0.15, 0.2) is 0 Å². The van der Waals surface area contributed by atoms with Crippen LogP contribution in [0.25, 0.3) is 0 Å². The van der Waals surface area contributed by atoms with Crippen molar-refractivity contribution < 1.29 is 4.74 Å². The van der Waals surface area contributed by atoms with Crippen molar-refractivity contribution in [3.63, 3.8) is 0 Å². The number of thioether (sulfide) groups is 1. The highest BCUT2D eigenvalue weighted by atomic mass is 32.2. The molecule has 0 bridgehead atoms. The van der Waals surface area contributed by atoms with E-state index in [0.717, 1.165) is 24.8 Å². The van der Waals surface area contributed by atoms with E-state index in [9.17, 15) is 0 Å². The zero-order chi connectivity index (χ0) is 11.3. The SMILES string of the molecule is COCCC(N)CN1CCSC(C)C1C. The highest BCUT2D eigenvalue weighted by Crippen LogP contribution is 2.24. The monoisotopic (exact) mass is 232 g/mol. The van der Waals surface area contributed by atoms with E-state index < -0.39 is 0 Å². The largest absolute Gasteiger partial charge is 0.385 e. The number of methoxy groups -OCH3 is 1. The van der Waals surface area contributed by atoms with E-state index >= 15 is 0 Å². The molecule has 3 nitrogen and oxygen atoms in total. The molecule has 0 aromatic heterocycles. The standard InChI is InChI=1S/C11H24N2OS/c1-9-10(2)15-7-5-13(9)8-11(12)4-6-14-3/h9-11H,4-8,12H2,1-3H3. The van der Waals surface area contributed by atoms with Crippen LogP contribution in [-0.4, -0.2) is 54.8 Å². The molecule has 0 aromatic carbocycles. The van der Waals surface area contributed by atoms with Crippen molar-refractivity contribution in [1.29, 1.82) is 0 Å². The zero-order valence-electron chi connectivity index (χ0n) is 10.1. The van der Waals surface area contributed by atoms with Crippen molar-refractivity contribution >= 4 is 11.8 Å². The highest BCUT2D eigenvalue weighted by Gasteiger charge is 2.25. The summed E-state index contributed by atoms with van der Waals surface area (Å²) in [6.45, 7) is 7.57. The first-order valence-electron chi connectivity index (χ1n) is 5.75. The fourth-order valence-electron chi connectivity index (χ4n) is 1.91. The summed E-state index contributed by atoms with van der Waals surface area (Å²) in [6.07, 6.45) is 0.960. The molecule has 1 aliphatic rings. The molecule has 0 saturated carbocycles. The second kappa shape index (κ2) is 6.74. The normalized spacial score (nSPS) is 30.4. The highest BCUT2D eigenvalue weighted by molar-refractivity contribution is 8.00. The molecule has 1 heterocycles. The Labute approximate surface area is 97.7 Å². The number of nitrogens with two attached hydrogens (primary N) is 1. The van der Waals surface area contributed by atoms with Crippen molar-refractivity contribution in [2.45, 2.75) is 37.6 Å². The van der Waals surface area contributed by atoms with E-state index in [2.05, 4.69) is 30.5 Å². The van der Waals surface area contributed by atoms with Crippen molar-refractivity contribution in [3.05, 3.63) is 0 Å². The first-order valence-corrected chi connectivity index (χ1v) is 6.80. The van der Waals surface area contributed by atoms with Crippen LogP contribution in [0.4, 0.5) is 0 Å². The van der Waals surface area contributed by atoms with E-state index in [1.165, 1.54) is 12.3 Å². The first-order chi connectivity index (χ1) is 7.15. The summed E-state index contributed by atoms with van der Waals surface area (Å²) in [5, 5.41) is 0.730. The quantitative estimate of drug-likeness (QED) is 0.772. The van der Waals surface area contributed by atoms with Gasteiger partial charge in [-0.2, -0.15) is 11.8 Å². The lowest BCUT2D eigenvalue weighted by atomic mass is 10.1. The Morgan fingerprint density at radius 3 is 2.93 bits per heavy atom. The van der Waals surface area contributed by atoms with Gasteiger partial charge in [-0.15, -0.1) is 0 Å². The van der Waals surface area contributed by atoms with Gasteiger partial charge in [0.2, 0.25) is 0 Å². The third-order valence-electron chi connectivity index (χ3n) is 3.18. The molecule has 2 N–H and O–H groups in total. The van der Waals surface area contributed by atoms with Gasteiger partial charge in [-0.05, 0) is 13.3 Å². The number of ether oxygens (including phenoxy) is 1. The predicted octanol–water partition coefficient (Wildman–Crippen LogP) is 1.18. The fraction of sp³-hybridized carbons (Fsp3) is 1.00. The van der Waals surface area contributed by atoms with Gasteiger partial charge >= 0.3 is 0 Å². The van der Waals surface area contributed by atoms with E-state index in [1.54, 1.807) is 7.11 Å². The molecule has 0 radical (unpaired) electrons. The average molecular weight is 232 g/mol. The van der Waals surface area contributed by atoms with Crippen LogP contribution in [0.15, 0.2) is 0 Å². The van der Waals surface area contributed by atoms with Crippen LogP contribution in [0, 0.1) is 0 Å². The van der Waals surface area contributed by atoms with Crippen LogP contribution >= 0.6 is 11.8 Å². The Kier molecular flexibility index (Phi) is 5.97. The Morgan fingerprint density at radius 1 is 1.53 bits per heavy atom. The lowest BCUT2D eigenvalue weighted by Gasteiger charge is -2.38. The minimum absolute atomic E-state index is 0.252. The van der Waals surface area contributed by atoms with Gasteiger partial charge in [0.1, 0.15) is 0 Å². The van der Waals surface area contributed by atoms with Gasteiger partial charge in [0.05, 0.1) is 0 Å². The molecule has 1 fully saturated rings. The van der Waals surface area contributed by atoms with Gasteiger partial charge in [0, 0.05) is 49.9 Å². The van der Waals surface area contributed by atoms with Crippen LogP contribution in [0.1, 0.15) is 20.3 Å². The maximum Gasteiger partial charge on any atom is 0.0477 e. The second-order valence-electron chi connectivity index (χ2n) is 4.35. The molecule has 90 valence electrons. The fourth-order valence-corrected chi connectivity index (χ4v) is 3.08. The maximum atomic E-state index is 6.07. The van der Waals surface area contributed by atoms with Gasteiger partial charge in [-0.3, -0.25) is 4.90 Å². The average Bonchev–Trinajstić information content (AvgIpc) is 2.22. The molecule has 1 saturated heterocycles. The Bertz CT molecular complexity index is 180. The summed E-state index contributed by atoms with van der Waals surface area (Å²) in [5.41, 5.74) is 6.07. The number of hydrogen-bond donors (Lipinski definition) is 1. The topological polar surface area (TPSA) is 38.5 Å². The van der Waals surface area contributed by atoms with Crippen molar-refractivity contribution in [2.24, 2.45) is 5.73 Å². The summed E-state index contributed by atoms with van der Waals surface area (Å²) < 4.78 is 5.05. The molecule has 1 aliphatic heterocycles. The molecule has 15 heavy (non-hydrogen) atoms. The van der Waals surface area contributed by atoms with E-state index in [-0.39, 0.29) is 6.04 Å². The molecular formula is C11H24N2OS. The molecule has 1 rings (SSSR count). The Morgan fingerprint density at radius 2 is 2.27 bits per heavy atom. The van der Waals surface area contributed by atoms with Gasteiger partial charge < -0.3 is 10.5 Å². The van der Waals surface area contributed by atoms with Gasteiger partial charge in [0.25, 0.3) is 0 Å². The number of hydrogen-bond acceptors (Lipinski definition) is 4. The van der Waals surface area contributed by atoms with E-state index in [0.29, 0.717) is 6.04 Å². The molecule has 0 aliphatic carbocycles. The third-order valence-corrected chi connectivity index (χ3v) is 4.51. The summed E-state index contributed by atoms with van der Waals surface area (Å²) in [4.78, 5) is 2.52. The number of nitrogens with zero attached hydrogens (tertiary/aromatic N) is 1. The predicted molar refractivity (Wildman–Crippen MR) is 67.4 cm³/mol.